The molecule has 0 aromatic heterocycles. The van der Waals surface area contributed by atoms with E-state index in [1.54, 1.807) is 20.8 Å². The van der Waals surface area contributed by atoms with E-state index < -0.39 is 36.8 Å². The van der Waals surface area contributed by atoms with Crippen LogP contribution in [-0.2, 0) is 4.79 Å². The summed E-state index contributed by atoms with van der Waals surface area (Å²) in [4.78, 5) is 11.0. The van der Waals surface area contributed by atoms with E-state index in [9.17, 15) is 36.2 Å². The number of rotatable bonds is 4. The number of nitrogens with one attached hydrogen (secondary N) is 1. The van der Waals surface area contributed by atoms with Gasteiger partial charge in [0.2, 0.25) is 11.8 Å². The number of hydrogen-bond acceptors (Lipinski definition) is 2. The molecule has 120 valence electrons. The van der Waals surface area contributed by atoms with E-state index in [1.807, 2.05) is 0 Å². The first-order valence-corrected chi connectivity index (χ1v) is 5.74. The van der Waals surface area contributed by atoms with Crippen LogP contribution in [0.25, 0.3) is 0 Å². The molecule has 0 fully saturated rings. The molecule has 0 aliphatic heterocycles. The summed E-state index contributed by atoms with van der Waals surface area (Å²) in [5.41, 5.74) is -0.377. The van der Waals surface area contributed by atoms with Gasteiger partial charge in [0.15, 0.2) is 0 Å². The number of aliphatic hydroxyl groups is 1. The number of carbonyl (C=O) groups excluding carboxylic acids is 1. The molecule has 20 heavy (non-hydrogen) atoms. The zero-order valence-corrected chi connectivity index (χ0v) is 11.2. The second-order valence-corrected chi connectivity index (χ2v) is 5.68. The highest BCUT2D eigenvalue weighted by Gasteiger charge is 2.61. The molecule has 0 aliphatic rings. The van der Waals surface area contributed by atoms with E-state index in [-0.39, 0.29) is 11.8 Å². The summed E-state index contributed by atoms with van der Waals surface area (Å²) >= 11 is 0. The Hall–Kier alpha value is -0.990. The van der Waals surface area contributed by atoms with Crippen LogP contribution in [0.5, 0.6) is 0 Å². The summed E-state index contributed by atoms with van der Waals surface area (Å²) in [6.07, 6.45) is -12.5. The molecule has 0 spiro atoms. The van der Waals surface area contributed by atoms with Gasteiger partial charge in [-0.05, 0) is 11.8 Å². The molecule has 0 rings (SSSR count). The molecule has 0 aliphatic carbocycles. The number of alkyl halides is 6. The molecule has 0 bridgehead atoms. The van der Waals surface area contributed by atoms with Crippen molar-refractivity contribution in [2.24, 2.45) is 11.3 Å². The van der Waals surface area contributed by atoms with Gasteiger partial charge in [-0.15, -0.1) is 0 Å². The zero-order chi connectivity index (χ0) is 16.4. The topological polar surface area (TPSA) is 49.3 Å². The second-order valence-electron chi connectivity index (χ2n) is 5.68. The fourth-order valence-corrected chi connectivity index (χ4v) is 1.58. The van der Waals surface area contributed by atoms with Crippen molar-refractivity contribution in [1.29, 1.82) is 0 Å². The van der Waals surface area contributed by atoms with Crippen LogP contribution in [0.1, 0.15) is 27.2 Å². The summed E-state index contributed by atoms with van der Waals surface area (Å²) in [6, 6.07) is 0. The third kappa shape index (κ3) is 6.97. The van der Waals surface area contributed by atoms with Crippen LogP contribution >= 0.6 is 0 Å². The average Bonchev–Trinajstić information content (AvgIpc) is 2.06. The predicted octanol–water partition coefficient (Wildman–Crippen LogP) is 2.64. The van der Waals surface area contributed by atoms with Gasteiger partial charge in [0, 0.05) is 6.54 Å². The van der Waals surface area contributed by atoms with Gasteiger partial charge in [0.1, 0.15) is 0 Å². The minimum absolute atomic E-state index is 0.121. The summed E-state index contributed by atoms with van der Waals surface area (Å²) in [7, 11) is 0. The molecular formula is C11H17F6NO2. The van der Waals surface area contributed by atoms with Crippen LogP contribution in [0.2, 0.25) is 0 Å². The van der Waals surface area contributed by atoms with Gasteiger partial charge in [0.25, 0.3) is 0 Å². The van der Waals surface area contributed by atoms with Crippen molar-refractivity contribution in [3.8, 4) is 0 Å². The van der Waals surface area contributed by atoms with Crippen LogP contribution in [0, 0.1) is 11.3 Å². The molecule has 1 atom stereocenters. The Morgan fingerprint density at radius 1 is 1.05 bits per heavy atom. The summed E-state index contributed by atoms with van der Waals surface area (Å²) in [6.45, 7) is 4.52. The van der Waals surface area contributed by atoms with Crippen molar-refractivity contribution >= 4 is 5.91 Å². The zero-order valence-electron chi connectivity index (χ0n) is 11.2. The van der Waals surface area contributed by atoms with Gasteiger partial charge in [0.05, 0.1) is 6.10 Å². The van der Waals surface area contributed by atoms with Crippen molar-refractivity contribution in [3.63, 3.8) is 0 Å². The van der Waals surface area contributed by atoms with E-state index in [0.717, 1.165) is 0 Å². The van der Waals surface area contributed by atoms with Crippen LogP contribution in [0.3, 0.4) is 0 Å². The van der Waals surface area contributed by atoms with Gasteiger partial charge in [-0.25, -0.2) is 0 Å². The summed E-state index contributed by atoms with van der Waals surface area (Å²) < 4.78 is 73.3. The third-order valence-electron chi connectivity index (χ3n) is 2.28. The lowest BCUT2D eigenvalue weighted by molar-refractivity contribution is -0.274. The Kier molecular flexibility index (Phi) is 5.89. The molecule has 0 aromatic rings. The van der Waals surface area contributed by atoms with Gasteiger partial charge in [-0.1, -0.05) is 20.8 Å². The minimum Gasteiger partial charge on any atom is -0.391 e. The number of hydrogen-bond donors (Lipinski definition) is 2. The lowest BCUT2D eigenvalue weighted by Gasteiger charge is -2.25. The molecule has 0 saturated heterocycles. The standard InChI is InChI=1S/C11H17F6NO2/c1-9(2,3)4-6(19)5-18-8(20)7(10(12,13)14)11(15,16)17/h6-7,19H,4-5H2,1-3H3,(H,18,20). The van der Waals surface area contributed by atoms with Crippen molar-refractivity contribution in [2.75, 3.05) is 6.54 Å². The second kappa shape index (κ2) is 6.19. The van der Waals surface area contributed by atoms with Gasteiger partial charge < -0.3 is 10.4 Å². The SMILES string of the molecule is CC(C)(C)CC(O)CNC(=O)C(C(F)(F)F)C(F)(F)F. The largest absolute Gasteiger partial charge is 0.409 e. The Morgan fingerprint density at radius 3 is 1.75 bits per heavy atom. The Morgan fingerprint density at radius 2 is 1.45 bits per heavy atom. The van der Waals surface area contributed by atoms with Crippen LogP contribution in [0.4, 0.5) is 26.3 Å². The van der Waals surface area contributed by atoms with Gasteiger partial charge >= 0.3 is 12.4 Å². The quantitative estimate of drug-likeness (QED) is 0.784. The molecule has 0 saturated carbocycles. The summed E-state index contributed by atoms with van der Waals surface area (Å²) in [5.74, 6) is -6.30. The number of amides is 1. The molecule has 3 nitrogen and oxygen atoms in total. The molecule has 0 heterocycles. The fraction of sp³-hybridized carbons (Fsp3) is 0.909. The number of halogens is 6. The van der Waals surface area contributed by atoms with E-state index >= 15 is 0 Å². The lowest BCUT2D eigenvalue weighted by atomic mass is 9.89. The fourth-order valence-electron chi connectivity index (χ4n) is 1.58. The van der Waals surface area contributed by atoms with Crippen LogP contribution < -0.4 is 5.32 Å². The predicted molar refractivity (Wildman–Crippen MR) is 58.7 cm³/mol. The Bertz CT molecular complexity index is 317. The van der Waals surface area contributed by atoms with Crippen molar-refractivity contribution < 1.29 is 36.2 Å². The first-order valence-electron chi connectivity index (χ1n) is 5.74. The minimum atomic E-state index is -5.72. The van der Waals surface area contributed by atoms with Crippen molar-refractivity contribution in [1.82, 2.24) is 5.32 Å². The molecule has 1 unspecified atom stereocenters. The maximum absolute atomic E-state index is 12.2. The summed E-state index contributed by atoms with van der Waals surface area (Å²) in [5, 5.41) is 10.9. The molecule has 9 heteroatoms. The maximum Gasteiger partial charge on any atom is 0.409 e. The monoisotopic (exact) mass is 309 g/mol. The Balaban J connectivity index is 4.66. The lowest BCUT2D eigenvalue weighted by Crippen LogP contribution is -2.49. The van der Waals surface area contributed by atoms with E-state index in [2.05, 4.69) is 0 Å². The van der Waals surface area contributed by atoms with Gasteiger partial charge in [-0.3, -0.25) is 4.79 Å². The van der Waals surface area contributed by atoms with Crippen LogP contribution in [0.15, 0.2) is 0 Å². The van der Waals surface area contributed by atoms with E-state index in [4.69, 9.17) is 0 Å². The highest BCUT2D eigenvalue weighted by atomic mass is 19.4. The first-order chi connectivity index (χ1) is 8.64. The number of carbonyl (C=O) groups is 1. The Labute approximate surface area is 112 Å². The van der Waals surface area contributed by atoms with E-state index in [0.29, 0.717) is 0 Å². The molecule has 2 N–H and O–H groups in total. The molecular weight excluding hydrogens is 292 g/mol. The first kappa shape index (κ1) is 19.0. The number of aliphatic hydroxyl groups excluding tert-OH is 1. The van der Waals surface area contributed by atoms with Gasteiger partial charge in [-0.2, -0.15) is 26.3 Å². The highest BCUT2D eigenvalue weighted by Crippen LogP contribution is 2.39. The molecule has 1 amide bonds. The third-order valence-corrected chi connectivity index (χ3v) is 2.28. The normalized spacial score (nSPS) is 15.3. The van der Waals surface area contributed by atoms with Crippen molar-refractivity contribution in [2.45, 2.75) is 45.6 Å². The highest BCUT2D eigenvalue weighted by molar-refractivity contribution is 5.80. The average molecular weight is 309 g/mol. The smallest absolute Gasteiger partial charge is 0.391 e. The molecule has 0 radical (unpaired) electrons. The molecule has 0 aromatic carbocycles. The van der Waals surface area contributed by atoms with E-state index in [1.165, 1.54) is 5.32 Å². The van der Waals surface area contributed by atoms with Crippen molar-refractivity contribution in [3.05, 3.63) is 0 Å². The maximum atomic E-state index is 12.2. The van der Waals surface area contributed by atoms with Crippen LogP contribution in [-0.4, -0.2) is 36.0 Å².